The molecule has 2 aromatic heterocycles. The number of hydrogen-bond acceptors (Lipinski definition) is 6. The molecule has 0 spiro atoms. The largest absolute Gasteiger partial charge is 0.420 e. The van der Waals surface area contributed by atoms with E-state index in [0.717, 1.165) is 12.8 Å². The van der Waals surface area contributed by atoms with Crippen LogP contribution in [-0.4, -0.2) is 44.1 Å². The van der Waals surface area contributed by atoms with E-state index in [1.807, 2.05) is 0 Å². The van der Waals surface area contributed by atoms with Gasteiger partial charge in [0.1, 0.15) is 11.6 Å². The van der Waals surface area contributed by atoms with Crippen molar-refractivity contribution in [1.82, 2.24) is 25.1 Å². The lowest BCUT2D eigenvalue weighted by molar-refractivity contribution is 0.0698. The summed E-state index contributed by atoms with van der Waals surface area (Å²) in [5.41, 5.74) is 1.13. The van der Waals surface area contributed by atoms with Gasteiger partial charge >= 0.3 is 0 Å². The van der Waals surface area contributed by atoms with Crippen LogP contribution in [0.3, 0.4) is 0 Å². The summed E-state index contributed by atoms with van der Waals surface area (Å²) in [6.45, 7) is 2.94. The van der Waals surface area contributed by atoms with Crippen molar-refractivity contribution < 1.29 is 13.6 Å². The second-order valence-electron chi connectivity index (χ2n) is 6.56. The standard InChI is InChI=1S/C19H18FN5O2/c1-12-21-9-15(10-22-12)18-24-23-17(27-18)14-3-2-8-25(11-14)19(26)13-4-6-16(20)7-5-13/h4-7,9-10,14H,2-3,8,11H2,1H3/t14-/m1/s1. The van der Waals surface area contributed by atoms with Crippen LogP contribution in [-0.2, 0) is 0 Å². The maximum atomic E-state index is 13.1. The molecule has 0 unspecified atom stereocenters. The molecule has 1 atom stereocenters. The van der Waals surface area contributed by atoms with Crippen LogP contribution in [0.5, 0.6) is 0 Å². The van der Waals surface area contributed by atoms with Gasteiger partial charge in [-0.2, -0.15) is 0 Å². The second kappa shape index (κ2) is 7.22. The number of rotatable bonds is 3. The Hall–Kier alpha value is -3.16. The highest BCUT2D eigenvalue weighted by atomic mass is 19.1. The first-order valence-electron chi connectivity index (χ1n) is 8.77. The van der Waals surface area contributed by atoms with Crippen LogP contribution in [0, 0.1) is 12.7 Å². The lowest BCUT2D eigenvalue weighted by Crippen LogP contribution is -2.39. The SMILES string of the molecule is Cc1ncc(-c2nnc([C@@H]3CCCN(C(=O)c4ccc(F)cc4)C3)o2)cn1. The van der Waals surface area contributed by atoms with E-state index in [9.17, 15) is 9.18 Å². The first-order chi connectivity index (χ1) is 13.1. The second-order valence-corrected chi connectivity index (χ2v) is 6.56. The molecule has 8 heteroatoms. The van der Waals surface area contributed by atoms with E-state index in [0.29, 0.717) is 41.8 Å². The van der Waals surface area contributed by atoms with Crippen molar-refractivity contribution in [2.75, 3.05) is 13.1 Å². The number of nitrogens with zero attached hydrogens (tertiary/aromatic N) is 5. The molecule has 4 rings (SSSR count). The Morgan fingerprint density at radius 2 is 1.93 bits per heavy atom. The fraction of sp³-hybridized carbons (Fsp3) is 0.316. The number of halogens is 1. The quantitative estimate of drug-likeness (QED) is 0.707. The summed E-state index contributed by atoms with van der Waals surface area (Å²) in [5, 5.41) is 8.24. The molecule has 7 nitrogen and oxygen atoms in total. The molecule has 27 heavy (non-hydrogen) atoms. The normalized spacial score (nSPS) is 17.1. The number of piperidine rings is 1. The highest BCUT2D eigenvalue weighted by Crippen LogP contribution is 2.29. The van der Waals surface area contributed by atoms with Crippen LogP contribution < -0.4 is 0 Å². The van der Waals surface area contributed by atoms with Gasteiger partial charge in [-0.1, -0.05) is 0 Å². The van der Waals surface area contributed by atoms with Crippen molar-refractivity contribution in [3.8, 4) is 11.5 Å². The van der Waals surface area contributed by atoms with Crippen molar-refractivity contribution in [2.45, 2.75) is 25.7 Å². The van der Waals surface area contributed by atoms with Gasteiger partial charge in [-0.15, -0.1) is 10.2 Å². The molecule has 0 aliphatic carbocycles. The molecule has 1 aliphatic rings. The van der Waals surface area contributed by atoms with Gasteiger partial charge in [0.2, 0.25) is 5.89 Å². The maximum Gasteiger partial charge on any atom is 0.253 e. The summed E-state index contributed by atoms with van der Waals surface area (Å²) < 4.78 is 18.9. The molecular weight excluding hydrogens is 349 g/mol. The monoisotopic (exact) mass is 367 g/mol. The topological polar surface area (TPSA) is 85.0 Å². The van der Waals surface area contributed by atoms with Crippen LogP contribution in [0.25, 0.3) is 11.5 Å². The molecule has 3 heterocycles. The molecular formula is C19H18FN5O2. The van der Waals surface area contributed by atoms with E-state index in [2.05, 4.69) is 20.2 Å². The average Bonchev–Trinajstić information content (AvgIpc) is 3.19. The Kier molecular flexibility index (Phi) is 4.62. The minimum atomic E-state index is -0.360. The number of hydrogen-bond donors (Lipinski definition) is 0. The Morgan fingerprint density at radius 1 is 1.19 bits per heavy atom. The number of aromatic nitrogens is 4. The summed E-state index contributed by atoms with van der Waals surface area (Å²) in [6, 6.07) is 5.60. The molecule has 1 fully saturated rings. The van der Waals surface area contributed by atoms with E-state index in [-0.39, 0.29) is 17.6 Å². The van der Waals surface area contributed by atoms with Crippen molar-refractivity contribution in [3.63, 3.8) is 0 Å². The smallest absolute Gasteiger partial charge is 0.253 e. The lowest BCUT2D eigenvalue weighted by atomic mass is 9.97. The summed E-state index contributed by atoms with van der Waals surface area (Å²) >= 11 is 0. The third kappa shape index (κ3) is 3.69. The number of aryl methyl sites for hydroxylation is 1. The van der Waals surface area contributed by atoms with Gasteiger partial charge in [-0.05, 0) is 44.0 Å². The Balaban J connectivity index is 1.49. The third-order valence-corrected chi connectivity index (χ3v) is 4.62. The van der Waals surface area contributed by atoms with Gasteiger partial charge in [-0.25, -0.2) is 14.4 Å². The zero-order valence-electron chi connectivity index (χ0n) is 14.8. The molecule has 1 aromatic carbocycles. The molecule has 1 amide bonds. The highest BCUT2D eigenvalue weighted by Gasteiger charge is 2.29. The number of carbonyl (C=O) groups excluding carboxylic acids is 1. The van der Waals surface area contributed by atoms with Crippen molar-refractivity contribution in [3.05, 3.63) is 59.8 Å². The predicted octanol–water partition coefficient (Wildman–Crippen LogP) is 2.99. The summed E-state index contributed by atoms with van der Waals surface area (Å²) in [4.78, 5) is 22.7. The molecule has 0 saturated carbocycles. The molecule has 3 aromatic rings. The Labute approximate surface area is 155 Å². The molecule has 0 radical (unpaired) electrons. The Bertz CT molecular complexity index is 939. The summed E-state index contributed by atoms with van der Waals surface area (Å²) in [5.74, 6) is 1.03. The highest BCUT2D eigenvalue weighted by molar-refractivity contribution is 5.94. The van der Waals surface area contributed by atoms with E-state index >= 15 is 0 Å². The van der Waals surface area contributed by atoms with Gasteiger partial charge in [-0.3, -0.25) is 4.79 Å². The number of carbonyl (C=O) groups is 1. The minimum Gasteiger partial charge on any atom is -0.420 e. The molecule has 0 N–H and O–H groups in total. The molecule has 1 saturated heterocycles. The third-order valence-electron chi connectivity index (χ3n) is 4.62. The maximum absolute atomic E-state index is 13.1. The average molecular weight is 367 g/mol. The fourth-order valence-corrected chi connectivity index (χ4v) is 3.16. The summed E-state index contributed by atoms with van der Waals surface area (Å²) in [7, 11) is 0. The van der Waals surface area contributed by atoms with Crippen molar-refractivity contribution in [1.29, 1.82) is 0 Å². The fourth-order valence-electron chi connectivity index (χ4n) is 3.16. The first kappa shape index (κ1) is 17.3. The van der Waals surface area contributed by atoms with Crippen LogP contribution in [0.1, 0.15) is 40.8 Å². The molecule has 0 bridgehead atoms. The first-order valence-corrected chi connectivity index (χ1v) is 8.77. The van der Waals surface area contributed by atoms with Crippen LogP contribution in [0.2, 0.25) is 0 Å². The van der Waals surface area contributed by atoms with Crippen molar-refractivity contribution in [2.24, 2.45) is 0 Å². The van der Waals surface area contributed by atoms with Gasteiger partial charge in [0.05, 0.1) is 11.5 Å². The number of likely N-dealkylation sites (tertiary alicyclic amines) is 1. The van der Waals surface area contributed by atoms with Crippen LogP contribution >= 0.6 is 0 Å². The van der Waals surface area contributed by atoms with Gasteiger partial charge < -0.3 is 9.32 Å². The Morgan fingerprint density at radius 3 is 2.67 bits per heavy atom. The molecule has 1 aliphatic heterocycles. The van der Waals surface area contributed by atoms with E-state index in [1.54, 1.807) is 24.2 Å². The minimum absolute atomic E-state index is 0.0317. The van der Waals surface area contributed by atoms with E-state index in [4.69, 9.17) is 4.42 Å². The predicted molar refractivity (Wildman–Crippen MR) is 94.3 cm³/mol. The summed E-state index contributed by atoms with van der Waals surface area (Å²) in [6.07, 6.45) is 4.98. The van der Waals surface area contributed by atoms with Gasteiger partial charge in [0, 0.05) is 31.0 Å². The van der Waals surface area contributed by atoms with Crippen molar-refractivity contribution >= 4 is 5.91 Å². The zero-order chi connectivity index (χ0) is 18.8. The van der Waals surface area contributed by atoms with Crippen LogP contribution in [0.4, 0.5) is 4.39 Å². The van der Waals surface area contributed by atoms with Gasteiger partial charge in [0.15, 0.2) is 0 Å². The van der Waals surface area contributed by atoms with E-state index < -0.39 is 0 Å². The number of amides is 1. The number of benzene rings is 1. The zero-order valence-corrected chi connectivity index (χ0v) is 14.8. The van der Waals surface area contributed by atoms with Crippen LogP contribution in [0.15, 0.2) is 41.1 Å². The van der Waals surface area contributed by atoms with Gasteiger partial charge in [0.25, 0.3) is 11.8 Å². The molecule has 138 valence electrons. The van der Waals surface area contributed by atoms with E-state index in [1.165, 1.54) is 24.3 Å². The lowest BCUT2D eigenvalue weighted by Gasteiger charge is -2.31.